The second-order valence-corrected chi connectivity index (χ2v) is 9.06. The number of aromatic nitrogens is 3. The molecular formula is C21H17FN4O2S. The van der Waals surface area contributed by atoms with Crippen LogP contribution in [0.5, 0.6) is 0 Å². The van der Waals surface area contributed by atoms with Gasteiger partial charge in [0.1, 0.15) is 17.8 Å². The molecule has 29 heavy (non-hydrogen) atoms. The van der Waals surface area contributed by atoms with Gasteiger partial charge in [-0.1, -0.05) is 12.1 Å². The summed E-state index contributed by atoms with van der Waals surface area (Å²) in [6.45, 7) is 0. The number of nitrogens with zero attached hydrogens (tertiary/aromatic N) is 2. The van der Waals surface area contributed by atoms with Crippen LogP contribution in [0.25, 0.3) is 33.5 Å². The fraction of sp³-hybridized carbons (Fsp3) is 0.143. The van der Waals surface area contributed by atoms with Gasteiger partial charge in [0.2, 0.25) is 10.0 Å². The van der Waals surface area contributed by atoms with E-state index in [1.807, 2.05) is 12.1 Å². The Kier molecular flexibility index (Phi) is 4.09. The number of fused-ring (bicyclic) bond motifs is 1. The van der Waals surface area contributed by atoms with Crippen molar-refractivity contribution in [1.82, 2.24) is 15.0 Å². The largest absolute Gasteiger partial charge is 0.339 e. The van der Waals surface area contributed by atoms with Crippen molar-refractivity contribution in [3.63, 3.8) is 0 Å². The first-order chi connectivity index (χ1) is 14.0. The highest BCUT2D eigenvalue weighted by atomic mass is 32.2. The molecule has 146 valence electrons. The lowest BCUT2D eigenvalue weighted by Gasteiger charge is -2.09. The standard InChI is InChI=1S/C21H17FN4O2S/c22-15-6-4-13(5-7-15)19-11-18-20(23-12-24-21(18)25-19)14-2-1-3-16(10-14)26-29(27,28)17-8-9-17/h1-7,10-12,17,26H,8-9H2,(H,23,24,25). The van der Waals surface area contributed by atoms with Crippen molar-refractivity contribution in [3.8, 4) is 22.5 Å². The summed E-state index contributed by atoms with van der Waals surface area (Å²) in [4.78, 5) is 11.9. The third kappa shape index (κ3) is 3.47. The first kappa shape index (κ1) is 17.8. The Bertz CT molecular complexity index is 1310. The number of anilines is 1. The summed E-state index contributed by atoms with van der Waals surface area (Å²) in [6, 6.07) is 15.3. The molecule has 1 aliphatic rings. The van der Waals surface area contributed by atoms with Crippen LogP contribution in [0.1, 0.15) is 12.8 Å². The van der Waals surface area contributed by atoms with Crippen LogP contribution in [0.3, 0.4) is 0 Å². The van der Waals surface area contributed by atoms with Gasteiger partial charge in [0.05, 0.1) is 10.9 Å². The van der Waals surface area contributed by atoms with E-state index in [0.717, 1.165) is 22.2 Å². The number of sulfonamides is 1. The van der Waals surface area contributed by atoms with E-state index in [2.05, 4.69) is 19.7 Å². The van der Waals surface area contributed by atoms with Gasteiger partial charge in [-0.25, -0.2) is 22.8 Å². The topological polar surface area (TPSA) is 87.7 Å². The lowest BCUT2D eigenvalue weighted by molar-refractivity contribution is 0.600. The van der Waals surface area contributed by atoms with Crippen molar-refractivity contribution in [2.75, 3.05) is 4.72 Å². The van der Waals surface area contributed by atoms with Gasteiger partial charge in [-0.05, 0) is 60.9 Å². The molecule has 5 rings (SSSR count). The fourth-order valence-electron chi connectivity index (χ4n) is 3.31. The van der Waals surface area contributed by atoms with E-state index in [-0.39, 0.29) is 11.1 Å². The number of halogens is 1. The van der Waals surface area contributed by atoms with E-state index in [1.54, 1.807) is 30.3 Å². The smallest absolute Gasteiger partial charge is 0.235 e. The molecule has 0 radical (unpaired) electrons. The summed E-state index contributed by atoms with van der Waals surface area (Å²) in [5.41, 5.74) is 4.26. The predicted octanol–water partition coefficient (Wildman–Crippen LogP) is 4.34. The Hall–Kier alpha value is -3.26. The maximum Gasteiger partial charge on any atom is 0.235 e. The first-order valence-corrected chi connectivity index (χ1v) is 10.8. The zero-order chi connectivity index (χ0) is 20.0. The highest BCUT2D eigenvalue weighted by Crippen LogP contribution is 2.33. The summed E-state index contributed by atoms with van der Waals surface area (Å²) < 4.78 is 40.4. The Morgan fingerprint density at radius 3 is 2.55 bits per heavy atom. The number of nitrogens with one attached hydrogen (secondary N) is 2. The van der Waals surface area contributed by atoms with Crippen molar-refractivity contribution in [2.24, 2.45) is 0 Å². The van der Waals surface area contributed by atoms with Crippen LogP contribution < -0.4 is 4.72 Å². The Labute approximate surface area is 166 Å². The number of benzene rings is 2. The van der Waals surface area contributed by atoms with Gasteiger partial charge in [-0.3, -0.25) is 4.72 Å². The number of H-pyrrole nitrogens is 1. The molecule has 1 aliphatic carbocycles. The lowest BCUT2D eigenvalue weighted by atomic mass is 10.1. The molecule has 1 saturated carbocycles. The molecule has 4 aromatic rings. The molecule has 0 aliphatic heterocycles. The molecular weight excluding hydrogens is 391 g/mol. The zero-order valence-corrected chi connectivity index (χ0v) is 16.1. The number of rotatable bonds is 5. The van der Waals surface area contributed by atoms with E-state index < -0.39 is 10.0 Å². The van der Waals surface area contributed by atoms with Crippen LogP contribution in [-0.2, 0) is 10.0 Å². The molecule has 2 N–H and O–H groups in total. The van der Waals surface area contributed by atoms with Crippen LogP contribution in [0, 0.1) is 5.82 Å². The molecule has 0 atom stereocenters. The maximum absolute atomic E-state index is 13.2. The zero-order valence-electron chi connectivity index (χ0n) is 15.3. The Balaban J connectivity index is 1.55. The molecule has 8 heteroatoms. The van der Waals surface area contributed by atoms with E-state index in [0.29, 0.717) is 29.9 Å². The van der Waals surface area contributed by atoms with Crippen LogP contribution in [0.15, 0.2) is 60.9 Å². The molecule has 0 bridgehead atoms. The Morgan fingerprint density at radius 1 is 1.00 bits per heavy atom. The lowest BCUT2D eigenvalue weighted by Crippen LogP contribution is -2.17. The molecule has 0 unspecified atom stereocenters. The molecule has 0 spiro atoms. The third-order valence-electron chi connectivity index (χ3n) is 4.94. The molecule has 2 aromatic carbocycles. The number of aromatic amines is 1. The average Bonchev–Trinajstić information content (AvgIpc) is 3.48. The van der Waals surface area contributed by atoms with Crippen molar-refractivity contribution in [1.29, 1.82) is 0 Å². The summed E-state index contributed by atoms with van der Waals surface area (Å²) in [5, 5.41) is 0.508. The monoisotopic (exact) mass is 408 g/mol. The summed E-state index contributed by atoms with van der Waals surface area (Å²) in [5.74, 6) is -0.296. The number of hydrogen-bond donors (Lipinski definition) is 2. The van der Waals surface area contributed by atoms with Crippen molar-refractivity contribution < 1.29 is 12.8 Å². The quantitative estimate of drug-likeness (QED) is 0.514. The first-order valence-electron chi connectivity index (χ1n) is 9.21. The molecule has 6 nitrogen and oxygen atoms in total. The van der Waals surface area contributed by atoms with Gasteiger partial charge >= 0.3 is 0 Å². The van der Waals surface area contributed by atoms with Gasteiger partial charge in [0.25, 0.3) is 0 Å². The number of hydrogen-bond acceptors (Lipinski definition) is 4. The SMILES string of the molecule is O=S(=O)(Nc1cccc(-c2ncnc3[nH]c(-c4ccc(F)cc4)cc23)c1)C1CC1. The van der Waals surface area contributed by atoms with E-state index in [9.17, 15) is 12.8 Å². The van der Waals surface area contributed by atoms with E-state index in [1.165, 1.54) is 18.5 Å². The highest BCUT2D eigenvalue weighted by molar-refractivity contribution is 7.93. The second-order valence-electron chi connectivity index (χ2n) is 7.10. The average molecular weight is 408 g/mol. The van der Waals surface area contributed by atoms with Crippen LogP contribution in [0.2, 0.25) is 0 Å². The normalized spacial score (nSPS) is 14.2. The van der Waals surface area contributed by atoms with Crippen LogP contribution >= 0.6 is 0 Å². The van der Waals surface area contributed by atoms with Crippen molar-refractivity contribution >= 4 is 26.7 Å². The molecule has 2 heterocycles. The van der Waals surface area contributed by atoms with Gasteiger partial charge in [-0.15, -0.1) is 0 Å². The van der Waals surface area contributed by atoms with E-state index >= 15 is 0 Å². The maximum atomic E-state index is 13.2. The molecule has 0 saturated heterocycles. The van der Waals surface area contributed by atoms with Crippen LogP contribution in [0.4, 0.5) is 10.1 Å². The minimum atomic E-state index is -3.34. The third-order valence-corrected chi connectivity index (χ3v) is 6.81. The van der Waals surface area contributed by atoms with Gasteiger partial charge in [-0.2, -0.15) is 0 Å². The van der Waals surface area contributed by atoms with Crippen molar-refractivity contribution in [2.45, 2.75) is 18.1 Å². The van der Waals surface area contributed by atoms with E-state index in [4.69, 9.17) is 0 Å². The summed E-state index contributed by atoms with van der Waals surface area (Å²) in [6.07, 6.45) is 2.87. The van der Waals surface area contributed by atoms with Crippen LogP contribution in [-0.4, -0.2) is 28.6 Å². The van der Waals surface area contributed by atoms with Gasteiger partial charge in [0, 0.05) is 22.3 Å². The minimum Gasteiger partial charge on any atom is -0.339 e. The minimum absolute atomic E-state index is 0.292. The Morgan fingerprint density at radius 2 is 1.79 bits per heavy atom. The summed E-state index contributed by atoms with van der Waals surface area (Å²) in [7, 11) is -3.34. The van der Waals surface area contributed by atoms with Crippen molar-refractivity contribution in [3.05, 3.63) is 66.7 Å². The summed E-state index contributed by atoms with van der Waals surface area (Å²) >= 11 is 0. The highest BCUT2D eigenvalue weighted by Gasteiger charge is 2.35. The molecule has 2 aromatic heterocycles. The predicted molar refractivity (Wildman–Crippen MR) is 110 cm³/mol. The molecule has 1 fully saturated rings. The van der Waals surface area contributed by atoms with Gasteiger partial charge in [0.15, 0.2) is 0 Å². The second kappa shape index (κ2) is 6.66. The van der Waals surface area contributed by atoms with Gasteiger partial charge < -0.3 is 4.98 Å². The molecule has 0 amide bonds. The fourth-order valence-corrected chi connectivity index (χ4v) is 4.69.